The van der Waals surface area contributed by atoms with Crippen molar-refractivity contribution in [1.82, 2.24) is 15.1 Å². The number of carbonyl (C=O) groups is 1. The summed E-state index contributed by atoms with van der Waals surface area (Å²) in [5, 5.41) is 6.13. The van der Waals surface area contributed by atoms with E-state index in [1.165, 1.54) is 12.1 Å². The Bertz CT molecular complexity index is 529. The number of piperidine rings is 1. The van der Waals surface area contributed by atoms with Gasteiger partial charge in [0.25, 0.3) is 5.56 Å². The summed E-state index contributed by atoms with van der Waals surface area (Å²) in [5.41, 5.74) is -0.785. The molecule has 0 bridgehead atoms. The molecule has 7 heteroatoms. The third-order valence-electron chi connectivity index (χ3n) is 2.97. The number of amides is 1. The molecule has 2 rings (SSSR count). The van der Waals surface area contributed by atoms with Crippen LogP contribution in [0.4, 0.5) is 4.79 Å². The fourth-order valence-electron chi connectivity index (χ4n) is 2.09. The zero-order chi connectivity index (χ0) is 15.5. The van der Waals surface area contributed by atoms with Gasteiger partial charge in [0.1, 0.15) is 11.7 Å². The van der Waals surface area contributed by atoms with Gasteiger partial charge in [0, 0.05) is 18.7 Å². The Labute approximate surface area is 123 Å². The van der Waals surface area contributed by atoms with Crippen LogP contribution in [-0.2, 0) is 4.74 Å². The molecule has 1 atom stereocenters. The van der Waals surface area contributed by atoms with Crippen LogP contribution in [-0.4, -0.2) is 46.0 Å². The number of likely N-dealkylation sites (tertiary alicyclic amines) is 1. The topological polar surface area (TPSA) is 84.5 Å². The van der Waals surface area contributed by atoms with Crippen molar-refractivity contribution in [1.29, 1.82) is 0 Å². The van der Waals surface area contributed by atoms with E-state index in [0.717, 1.165) is 12.8 Å². The molecule has 0 aromatic carbocycles. The number of aromatic nitrogens is 2. The summed E-state index contributed by atoms with van der Waals surface area (Å²) in [6, 6.07) is 2.88. The molecule has 21 heavy (non-hydrogen) atoms. The van der Waals surface area contributed by atoms with E-state index >= 15 is 0 Å². The average molecular weight is 295 g/mol. The minimum atomic E-state index is -0.509. The van der Waals surface area contributed by atoms with Gasteiger partial charge in [0.05, 0.1) is 6.54 Å². The number of hydrogen-bond acceptors (Lipinski definition) is 5. The van der Waals surface area contributed by atoms with Gasteiger partial charge >= 0.3 is 6.09 Å². The summed E-state index contributed by atoms with van der Waals surface area (Å²) >= 11 is 0. The number of H-pyrrole nitrogens is 1. The SMILES string of the molecule is CC(C)(C)OC(=O)N1CCC[C@@H](Oc2ccc(=O)[nH]n2)C1. The van der Waals surface area contributed by atoms with E-state index in [0.29, 0.717) is 19.0 Å². The van der Waals surface area contributed by atoms with Crippen LogP contribution in [0.25, 0.3) is 0 Å². The third kappa shape index (κ3) is 4.77. The second-order valence-corrected chi connectivity index (χ2v) is 6.07. The molecule has 1 N–H and O–H groups in total. The van der Waals surface area contributed by atoms with Gasteiger partial charge in [-0.3, -0.25) is 4.79 Å². The van der Waals surface area contributed by atoms with Gasteiger partial charge in [0.15, 0.2) is 0 Å². The molecule has 0 aliphatic carbocycles. The number of carbonyl (C=O) groups excluding carboxylic acids is 1. The monoisotopic (exact) mass is 295 g/mol. The molecule has 1 amide bonds. The minimum Gasteiger partial charge on any atom is -0.471 e. The first-order valence-electron chi connectivity index (χ1n) is 7.04. The Balaban J connectivity index is 1.93. The van der Waals surface area contributed by atoms with Crippen LogP contribution < -0.4 is 10.3 Å². The van der Waals surface area contributed by atoms with E-state index in [-0.39, 0.29) is 17.8 Å². The van der Waals surface area contributed by atoms with Gasteiger partial charge in [-0.05, 0) is 33.6 Å². The van der Waals surface area contributed by atoms with Crippen molar-refractivity contribution in [3.63, 3.8) is 0 Å². The van der Waals surface area contributed by atoms with Gasteiger partial charge < -0.3 is 14.4 Å². The standard InChI is InChI=1S/C14H21N3O4/c1-14(2,3)21-13(19)17-8-4-5-10(9-17)20-12-7-6-11(18)15-16-12/h6-7,10H,4-5,8-9H2,1-3H3,(H,15,18)/t10-/m1/s1. The van der Waals surface area contributed by atoms with Crippen LogP contribution in [0.2, 0.25) is 0 Å². The fraction of sp³-hybridized carbons (Fsp3) is 0.643. The summed E-state index contributed by atoms with van der Waals surface area (Å²) in [5.74, 6) is 0.352. The summed E-state index contributed by atoms with van der Waals surface area (Å²) in [6.45, 7) is 6.64. The minimum absolute atomic E-state index is 0.148. The Morgan fingerprint density at radius 2 is 2.19 bits per heavy atom. The van der Waals surface area contributed by atoms with E-state index in [2.05, 4.69) is 10.2 Å². The highest BCUT2D eigenvalue weighted by molar-refractivity contribution is 5.68. The number of nitrogens with zero attached hydrogens (tertiary/aromatic N) is 2. The van der Waals surface area contributed by atoms with Crippen molar-refractivity contribution in [2.75, 3.05) is 13.1 Å². The molecule has 1 aromatic rings. The predicted molar refractivity (Wildman–Crippen MR) is 76.3 cm³/mol. The Morgan fingerprint density at radius 3 is 2.81 bits per heavy atom. The van der Waals surface area contributed by atoms with E-state index in [9.17, 15) is 9.59 Å². The molecule has 0 unspecified atom stereocenters. The molecule has 1 saturated heterocycles. The first-order valence-corrected chi connectivity index (χ1v) is 7.04. The predicted octanol–water partition coefficient (Wildman–Crippen LogP) is 1.55. The van der Waals surface area contributed by atoms with Gasteiger partial charge in [-0.25, -0.2) is 9.89 Å². The lowest BCUT2D eigenvalue weighted by atomic mass is 10.1. The molecule has 0 radical (unpaired) electrons. The van der Waals surface area contributed by atoms with E-state index < -0.39 is 5.60 Å². The maximum atomic E-state index is 12.0. The Morgan fingerprint density at radius 1 is 1.43 bits per heavy atom. The van der Waals surface area contributed by atoms with Crippen molar-refractivity contribution >= 4 is 6.09 Å². The van der Waals surface area contributed by atoms with Crippen molar-refractivity contribution < 1.29 is 14.3 Å². The van der Waals surface area contributed by atoms with Crippen LogP contribution in [0.3, 0.4) is 0 Å². The second kappa shape index (κ2) is 6.15. The molecule has 1 aliphatic heterocycles. The highest BCUT2D eigenvalue weighted by Crippen LogP contribution is 2.18. The maximum Gasteiger partial charge on any atom is 0.410 e. The molecule has 2 heterocycles. The highest BCUT2D eigenvalue weighted by Gasteiger charge is 2.28. The fourth-order valence-corrected chi connectivity index (χ4v) is 2.09. The van der Waals surface area contributed by atoms with Gasteiger partial charge in [-0.2, -0.15) is 0 Å². The largest absolute Gasteiger partial charge is 0.471 e. The van der Waals surface area contributed by atoms with Crippen molar-refractivity contribution in [2.24, 2.45) is 0 Å². The number of rotatable bonds is 2. The number of hydrogen-bond donors (Lipinski definition) is 1. The van der Waals surface area contributed by atoms with E-state index in [1.807, 2.05) is 20.8 Å². The van der Waals surface area contributed by atoms with Crippen LogP contribution >= 0.6 is 0 Å². The average Bonchev–Trinajstić information content (AvgIpc) is 2.40. The van der Waals surface area contributed by atoms with Gasteiger partial charge in [-0.1, -0.05) is 0 Å². The normalized spacial score (nSPS) is 19.2. The third-order valence-corrected chi connectivity index (χ3v) is 2.97. The van der Waals surface area contributed by atoms with Crippen LogP contribution in [0.15, 0.2) is 16.9 Å². The molecular formula is C14H21N3O4. The molecule has 1 aliphatic rings. The lowest BCUT2D eigenvalue weighted by Crippen LogP contribution is -2.46. The molecule has 7 nitrogen and oxygen atoms in total. The van der Waals surface area contributed by atoms with Gasteiger partial charge in [0.2, 0.25) is 5.88 Å². The lowest BCUT2D eigenvalue weighted by molar-refractivity contribution is 0.00711. The second-order valence-electron chi connectivity index (χ2n) is 6.07. The molecule has 0 spiro atoms. The zero-order valence-corrected chi connectivity index (χ0v) is 12.6. The summed E-state index contributed by atoms with van der Waals surface area (Å²) in [7, 11) is 0. The van der Waals surface area contributed by atoms with Crippen molar-refractivity contribution in [3.05, 3.63) is 22.5 Å². The van der Waals surface area contributed by atoms with Crippen molar-refractivity contribution in [2.45, 2.75) is 45.3 Å². The van der Waals surface area contributed by atoms with Gasteiger partial charge in [-0.15, -0.1) is 5.10 Å². The van der Waals surface area contributed by atoms with Crippen LogP contribution in [0.5, 0.6) is 5.88 Å². The maximum absolute atomic E-state index is 12.0. The zero-order valence-electron chi connectivity index (χ0n) is 12.6. The van der Waals surface area contributed by atoms with E-state index in [1.54, 1.807) is 4.90 Å². The number of nitrogens with one attached hydrogen (secondary N) is 1. The highest BCUT2D eigenvalue weighted by atomic mass is 16.6. The Hall–Kier alpha value is -2.05. The molecular weight excluding hydrogens is 274 g/mol. The smallest absolute Gasteiger partial charge is 0.410 e. The van der Waals surface area contributed by atoms with E-state index in [4.69, 9.17) is 9.47 Å². The molecule has 0 saturated carbocycles. The number of ether oxygens (including phenoxy) is 2. The van der Waals surface area contributed by atoms with Crippen molar-refractivity contribution in [3.8, 4) is 5.88 Å². The first kappa shape index (κ1) is 15.3. The summed E-state index contributed by atoms with van der Waals surface area (Å²) < 4.78 is 11.0. The molecule has 116 valence electrons. The Kier molecular flexibility index (Phi) is 4.50. The van der Waals surface area contributed by atoms with Crippen LogP contribution in [0, 0.1) is 0 Å². The molecule has 1 fully saturated rings. The summed E-state index contributed by atoms with van der Waals surface area (Å²) in [4.78, 5) is 24.6. The number of aromatic amines is 1. The lowest BCUT2D eigenvalue weighted by Gasteiger charge is -2.33. The summed E-state index contributed by atoms with van der Waals surface area (Å²) in [6.07, 6.45) is 1.20. The van der Waals surface area contributed by atoms with Crippen LogP contribution in [0.1, 0.15) is 33.6 Å². The molecule has 1 aromatic heterocycles. The first-order chi connectivity index (χ1) is 9.83. The quantitative estimate of drug-likeness (QED) is 0.894.